The first kappa shape index (κ1) is 13.0. The summed E-state index contributed by atoms with van der Waals surface area (Å²) in [5, 5.41) is 0. The molecule has 1 aliphatic heterocycles. The number of benzene rings is 1. The standard InChI is InChI=1S/C13H19N2.ClH/c1-13(2,3)15-10-9-14(11-15)12-7-5-4-6-8-12;/h4-8,11H,9-10H2,1-3H3;1H/q+1;/p-1. The molecule has 1 aromatic carbocycles. The van der Waals surface area contributed by atoms with Crippen LogP contribution < -0.4 is 17.3 Å². The topological polar surface area (TPSA) is 6.25 Å². The summed E-state index contributed by atoms with van der Waals surface area (Å²) in [4.78, 5) is 2.31. The van der Waals surface area contributed by atoms with Crippen molar-refractivity contribution in [1.29, 1.82) is 0 Å². The molecule has 1 heterocycles. The van der Waals surface area contributed by atoms with Crippen LogP contribution in [0.25, 0.3) is 0 Å². The van der Waals surface area contributed by atoms with Crippen molar-refractivity contribution >= 4 is 12.0 Å². The van der Waals surface area contributed by atoms with Gasteiger partial charge in [0, 0.05) is 0 Å². The van der Waals surface area contributed by atoms with Gasteiger partial charge in [0.05, 0.1) is 5.54 Å². The zero-order valence-electron chi connectivity index (χ0n) is 10.2. The summed E-state index contributed by atoms with van der Waals surface area (Å²) < 4.78 is 2.39. The molecular formula is C13H19ClN2. The summed E-state index contributed by atoms with van der Waals surface area (Å²) >= 11 is 0. The third-order valence-electron chi connectivity index (χ3n) is 2.81. The number of anilines is 1. The molecule has 0 N–H and O–H groups in total. The van der Waals surface area contributed by atoms with Crippen molar-refractivity contribution in [2.24, 2.45) is 0 Å². The molecule has 0 spiro atoms. The van der Waals surface area contributed by atoms with Gasteiger partial charge in [0.15, 0.2) is 0 Å². The molecule has 0 saturated heterocycles. The summed E-state index contributed by atoms with van der Waals surface area (Å²) in [7, 11) is 0. The van der Waals surface area contributed by atoms with E-state index in [0.29, 0.717) is 0 Å². The maximum atomic E-state index is 2.39. The Hall–Kier alpha value is -1.02. The Balaban J connectivity index is 0.00000128. The summed E-state index contributed by atoms with van der Waals surface area (Å²) in [5.74, 6) is 0. The van der Waals surface area contributed by atoms with Gasteiger partial charge in [-0.15, -0.1) is 0 Å². The molecule has 0 bridgehead atoms. The highest BCUT2D eigenvalue weighted by atomic mass is 35.5. The predicted molar refractivity (Wildman–Crippen MR) is 64.7 cm³/mol. The van der Waals surface area contributed by atoms with Crippen molar-refractivity contribution in [2.45, 2.75) is 26.3 Å². The number of rotatable bonds is 1. The van der Waals surface area contributed by atoms with Crippen LogP contribution in [-0.4, -0.2) is 29.5 Å². The van der Waals surface area contributed by atoms with Crippen molar-refractivity contribution in [3.8, 4) is 0 Å². The zero-order valence-corrected chi connectivity index (χ0v) is 10.9. The van der Waals surface area contributed by atoms with Gasteiger partial charge < -0.3 is 12.4 Å². The highest BCUT2D eigenvalue weighted by molar-refractivity contribution is 5.76. The summed E-state index contributed by atoms with van der Waals surface area (Å²) in [6.45, 7) is 8.94. The fraction of sp³-hybridized carbons (Fsp3) is 0.462. The number of hydrogen-bond acceptors (Lipinski definition) is 1. The molecule has 0 aromatic heterocycles. The highest BCUT2D eigenvalue weighted by Crippen LogP contribution is 2.16. The number of para-hydroxylation sites is 1. The Morgan fingerprint density at radius 1 is 1.12 bits per heavy atom. The molecule has 2 rings (SSSR count). The Labute approximate surface area is 104 Å². The largest absolute Gasteiger partial charge is 1.00 e. The number of hydrogen-bond donors (Lipinski definition) is 0. The Kier molecular flexibility index (Phi) is 3.98. The van der Waals surface area contributed by atoms with Crippen LogP contribution in [0.15, 0.2) is 30.3 Å². The lowest BCUT2D eigenvalue weighted by molar-refractivity contribution is -0.584. The minimum atomic E-state index is 0. The second-order valence-corrected chi connectivity index (χ2v) is 5.01. The lowest BCUT2D eigenvalue weighted by Gasteiger charge is -2.17. The van der Waals surface area contributed by atoms with Crippen molar-refractivity contribution in [3.05, 3.63) is 30.3 Å². The average Bonchev–Trinajstić information content (AvgIpc) is 2.67. The number of nitrogens with zero attached hydrogens (tertiary/aromatic N) is 2. The van der Waals surface area contributed by atoms with Gasteiger partial charge >= 0.3 is 0 Å². The molecule has 0 atom stereocenters. The van der Waals surface area contributed by atoms with E-state index in [4.69, 9.17) is 0 Å². The van der Waals surface area contributed by atoms with Crippen LogP contribution >= 0.6 is 0 Å². The maximum Gasteiger partial charge on any atom is 0.240 e. The van der Waals surface area contributed by atoms with Crippen LogP contribution in [0.4, 0.5) is 5.69 Å². The van der Waals surface area contributed by atoms with Gasteiger partial charge in [-0.05, 0) is 32.9 Å². The quantitative estimate of drug-likeness (QED) is 0.590. The Bertz CT molecular complexity index is 365. The SMILES string of the molecule is CC(C)(C)[N+]1=CN(c2ccccc2)CC1.[Cl-]. The van der Waals surface area contributed by atoms with Crippen LogP contribution in [0.3, 0.4) is 0 Å². The normalized spacial score (nSPS) is 15.7. The highest BCUT2D eigenvalue weighted by Gasteiger charge is 2.28. The molecule has 1 aliphatic rings. The number of halogens is 1. The van der Waals surface area contributed by atoms with E-state index >= 15 is 0 Å². The van der Waals surface area contributed by atoms with Gasteiger partial charge in [0.25, 0.3) is 0 Å². The molecule has 3 heteroatoms. The van der Waals surface area contributed by atoms with E-state index in [1.165, 1.54) is 5.69 Å². The van der Waals surface area contributed by atoms with Gasteiger partial charge in [0.1, 0.15) is 18.8 Å². The molecule has 16 heavy (non-hydrogen) atoms. The second kappa shape index (κ2) is 4.88. The zero-order chi connectivity index (χ0) is 10.9. The smallest absolute Gasteiger partial charge is 0.240 e. The molecule has 0 fully saturated rings. The predicted octanol–water partition coefficient (Wildman–Crippen LogP) is -0.650. The first-order valence-electron chi connectivity index (χ1n) is 5.51. The summed E-state index contributed by atoms with van der Waals surface area (Å²) in [6, 6.07) is 10.5. The van der Waals surface area contributed by atoms with Gasteiger partial charge in [-0.2, -0.15) is 0 Å². The van der Waals surface area contributed by atoms with Crippen molar-refractivity contribution in [1.82, 2.24) is 0 Å². The van der Waals surface area contributed by atoms with E-state index in [1.54, 1.807) is 0 Å². The van der Waals surface area contributed by atoms with E-state index in [1.807, 2.05) is 0 Å². The van der Waals surface area contributed by atoms with E-state index < -0.39 is 0 Å². The van der Waals surface area contributed by atoms with Crippen LogP contribution in [0.2, 0.25) is 0 Å². The first-order valence-corrected chi connectivity index (χ1v) is 5.51. The van der Waals surface area contributed by atoms with E-state index in [0.717, 1.165) is 13.1 Å². The minimum Gasteiger partial charge on any atom is -1.00 e. The lowest BCUT2D eigenvalue weighted by atomic mass is 10.1. The molecule has 88 valence electrons. The van der Waals surface area contributed by atoms with Gasteiger partial charge in [-0.3, -0.25) is 4.58 Å². The third-order valence-corrected chi connectivity index (χ3v) is 2.81. The molecule has 1 aromatic rings. The van der Waals surface area contributed by atoms with Crippen molar-refractivity contribution < 1.29 is 17.0 Å². The molecule has 0 unspecified atom stereocenters. The van der Waals surface area contributed by atoms with Gasteiger partial charge in [0.2, 0.25) is 6.34 Å². The summed E-state index contributed by atoms with van der Waals surface area (Å²) in [5.41, 5.74) is 1.51. The van der Waals surface area contributed by atoms with E-state index in [-0.39, 0.29) is 17.9 Å². The van der Waals surface area contributed by atoms with Crippen molar-refractivity contribution in [2.75, 3.05) is 18.0 Å². The monoisotopic (exact) mass is 238 g/mol. The molecule has 0 saturated carbocycles. The fourth-order valence-corrected chi connectivity index (χ4v) is 1.82. The van der Waals surface area contributed by atoms with Crippen LogP contribution in [0.5, 0.6) is 0 Å². The van der Waals surface area contributed by atoms with Crippen LogP contribution in [-0.2, 0) is 0 Å². The molecule has 0 radical (unpaired) electrons. The Morgan fingerprint density at radius 2 is 1.75 bits per heavy atom. The van der Waals surface area contributed by atoms with Gasteiger partial charge in [-0.25, -0.2) is 4.90 Å². The second-order valence-electron chi connectivity index (χ2n) is 5.01. The first-order chi connectivity index (χ1) is 7.07. The Morgan fingerprint density at radius 3 is 2.25 bits per heavy atom. The maximum absolute atomic E-state index is 2.39. The third kappa shape index (κ3) is 2.76. The fourth-order valence-electron chi connectivity index (χ4n) is 1.82. The van der Waals surface area contributed by atoms with E-state index in [9.17, 15) is 0 Å². The van der Waals surface area contributed by atoms with Crippen LogP contribution in [0, 0.1) is 0 Å². The van der Waals surface area contributed by atoms with Crippen molar-refractivity contribution in [3.63, 3.8) is 0 Å². The minimum absolute atomic E-state index is 0. The molecule has 2 nitrogen and oxygen atoms in total. The van der Waals surface area contributed by atoms with Gasteiger partial charge in [-0.1, -0.05) is 18.2 Å². The lowest BCUT2D eigenvalue weighted by Crippen LogP contribution is -3.00. The molecule has 0 aliphatic carbocycles. The molecule has 0 amide bonds. The average molecular weight is 239 g/mol. The summed E-state index contributed by atoms with van der Waals surface area (Å²) in [6.07, 6.45) is 2.23. The van der Waals surface area contributed by atoms with Crippen LogP contribution in [0.1, 0.15) is 20.8 Å². The molecular weight excluding hydrogens is 220 g/mol. The van der Waals surface area contributed by atoms with E-state index in [2.05, 4.69) is 66.9 Å².